The highest BCUT2D eigenvalue weighted by Gasteiger charge is 2.28. The minimum atomic E-state index is -0.611. The topological polar surface area (TPSA) is 49.4 Å². The number of rotatable bonds is 8. The minimum absolute atomic E-state index is 0.0914. The molecule has 0 fully saturated rings. The summed E-state index contributed by atoms with van der Waals surface area (Å²) in [5.41, 5.74) is 1.50. The van der Waals surface area contributed by atoms with Gasteiger partial charge in [-0.2, -0.15) is 0 Å². The van der Waals surface area contributed by atoms with E-state index in [0.29, 0.717) is 38.6 Å². The molecule has 0 saturated heterocycles. The summed E-state index contributed by atoms with van der Waals surface area (Å²) in [5, 5.41) is 4.43. The Kier molecular flexibility index (Phi) is 9.09. The maximum atomic E-state index is 13.2. The number of nitrogens with zero attached hydrogens (tertiary/aromatic N) is 1. The molecular weight excluding hydrogens is 454 g/mol. The molecule has 0 unspecified atom stereocenters. The van der Waals surface area contributed by atoms with Gasteiger partial charge in [-0.1, -0.05) is 65.5 Å². The van der Waals surface area contributed by atoms with Gasteiger partial charge >= 0.3 is 0 Å². The lowest BCUT2D eigenvalue weighted by atomic mass is 10.1. The van der Waals surface area contributed by atoms with Crippen LogP contribution in [0.2, 0.25) is 20.1 Å². The fourth-order valence-electron chi connectivity index (χ4n) is 2.97. The fraction of sp³-hybridized carbons (Fsp3) is 0.333. The van der Waals surface area contributed by atoms with Gasteiger partial charge in [-0.15, -0.1) is 0 Å². The molecule has 1 N–H and O–H groups in total. The van der Waals surface area contributed by atoms with E-state index in [9.17, 15) is 9.59 Å². The Labute approximate surface area is 191 Å². The number of nitrogens with one attached hydrogen (secondary N) is 1. The number of benzene rings is 2. The number of likely N-dealkylation sites (N-methyl/N-ethyl adjacent to an activating group) is 1. The Bertz CT molecular complexity index is 889. The fourth-order valence-corrected chi connectivity index (χ4v) is 3.61. The summed E-state index contributed by atoms with van der Waals surface area (Å²) in [5.74, 6) is -0.398. The molecule has 0 spiro atoms. The summed E-state index contributed by atoms with van der Waals surface area (Å²) in [6, 6.07) is 9.61. The van der Waals surface area contributed by atoms with E-state index >= 15 is 0 Å². The molecule has 0 radical (unpaired) electrons. The summed E-state index contributed by atoms with van der Waals surface area (Å²) in [4.78, 5) is 27.3. The lowest BCUT2D eigenvalue weighted by Crippen LogP contribution is -2.49. The lowest BCUT2D eigenvalue weighted by molar-refractivity contribution is -0.140. The van der Waals surface area contributed by atoms with E-state index in [-0.39, 0.29) is 24.8 Å². The number of carbonyl (C=O) groups excluding carboxylic acids is 2. The summed E-state index contributed by atoms with van der Waals surface area (Å²) >= 11 is 24.2. The first-order valence-corrected chi connectivity index (χ1v) is 10.7. The molecule has 2 amide bonds. The van der Waals surface area contributed by atoms with Gasteiger partial charge < -0.3 is 10.2 Å². The summed E-state index contributed by atoms with van der Waals surface area (Å²) in [6.07, 6.45) is 0.564. The van der Waals surface area contributed by atoms with Crippen LogP contribution in [0.5, 0.6) is 0 Å². The van der Waals surface area contributed by atoms with Crippen LogP contribution >= 0.6 is 46.4 Å². The van der Waals surface area contributed by atoms with Gasteiger partial charge in [0, 0.05) is 13.1 Å². The van der Waals surface area contributed by atoms with Crippen LogP contribution in [0.1, 0.15) is 31.4 Å². The van der Waals surface area contributed by atoms with Gasteiger partial charge in [0.1, 0.15) is 6.04 Å². The normalized spacial score (nSPS) is 11.8. The maximum absolute atomic E-state index is 13.2. The van der Waals surface area contributed by atoms with Crippen LogP contribution in [0.3, 0.4) is 0 Å². The second-order valence-electron chi connectivity index (χ2n) is 6.51. The third kappa shape index (κ3) is 6.51. The van der Waals surface area contributed by atoms with Crippen molar-refractivity contribution in [2.24, 2.45) is 0 Å². The third-order valence-electron chi connectivity index (χ3n) is 4.41. The zero-order valence-electron chi connectivity index (χ0n) is 16.1. The van der Waals surface area contributed by atoms with Crippen molar-refractivity contribution in [1.29, 1.82) is 0 Å². The second kappa shape index (κ2) is 11.1. The van der Waals surface area contributed by atoms with Gasteiger partial charge in [0.05, 0.1) is 26.5 Å². The first kappa shape index (κ1) is 23.8. The zero-order chi connectivity index (χ0) is 21.6. The molecule has 2 rings (SSSR count). The number of amides is 2. The molecule has 0 saturated carbocycles. The number of halogens is 4. The van der Waals surface area contributed by atoms with Crippen LogP contribution in [0.4, 0.5) is 0 Å². The average Bonchev–Trinajstić information content (AvgIpc) is 2.67. The van der Waals surface area contributed by atoms with Crippen LogP contribution < -0.4 is 5.32 Å². The Morgan fingerprint density at radius 3 is 1.97 bits per heavy atom. The van der Waals surface area contributed by atoms with Crippen molar-refractivity contribution in [2.75, 3.05) is 6.54 Å². The van der Waals surface area contributed by atoms with E-state index < -0.39 is 6.04 Å². The first-order valence-electron chi connectivity index (χ1n) is 9.21. The van der Waals surface area contributed by atoms with Crippen LogP contribution in [0, 0.1) is 0 Å². The molecule has 156 valence electrons. The lowest BCUT2D eigenvalue weighted by Gasteiger charge is -2.30. The van der Waals surface area contributed by atoms with Crippen molar-refractivity contribution in [3.8, 4) is 0 Å². The van der Waals surface area contributed by atoms with Gasteiger partial charge in [0.2, 0.25) is 11.8 Å². The Morgan fingerprint density at radius 2 is 1.45 bits per heavy atom. The monoisotopic (exact) mass is 474 g/mol. The first-order chi connectivity index (χ1) is 13.8. The molecule has 0 aliphatic heterocycles. The molecule has 2 aromatic carbocycles. The van der Waals surface area contributed by atoms with E-state index in [0.717, 1.165) is 5.56 Å². The molecule has 0 aliphatic carbocycles. The quantitative estimate of drug-likeness (QED) is 0.525. The van der Waals surface area contributed by atoms with Gasteiger partial charge in [0.15, 0.2) is 0 Å². The van der Waals surface area contributed by atoms with Crippen LogP contribution in [-0.2, 0) is 22.6 Å². The van der Waals surface area contributed by atoms with E-state index in [1.807, 2.05) is 13.8 Å². The van der Waals surface area contributed by atoms with E-state index in [1.54, 1.807) is 41.3 Å². The Balaban J connectivity index is 2.32. The predicted octanol–water partition coefficient (Wildman–Crippen LogP) is 5.79. The minimum Gasteiger partial charge on any atom is -0.355 e. The maximum Gasteiger partial charge on any atom is 0.242 e. The van der Waals surface area contributed by atoms with Gasteiger partial charge in [-0.05, 0) is 48.7 Å². The second-order valence-corrected chi connectivity index (χ2v) is 8.14. The van der Waals surface area contributed by atoms with Crippen LogP contribution in [-0.4, -0.2) is 29.3 Å². The number of carbonyl (C=O) groups is 2. The molecule has 0 bridgehead atoms. The number of hydrogen-bond donors (Lipinski definition) is 1. The highest BCUT2D eigenvalue weighted by Crippen LogP contribution is 2.25. The SMILES string of the molecule is CCNC(=O)[C@H](CC)N(Cc1ccc(Cl)c(Cl)c1)C(=O)Cc1ccc(Cl)c(Cl)c1. The van der Waals surface area contributed by atoms with Crippen LogP contribution in [0.25, 0.3) is 0 Å². The van der Waals surface area contributed by atoms with Gasteiger partial charge in [0.25, 0.3) is 0 Å². The molecule has 8 heteroatoms. The van der Waals surface area contributed by atoms with Gasteiger partial charge in [-0.25, -0.2) is 0 Å². The van der Waals surface area contributed by atoms with E-state index in [1.165, 1.54) is 0 Å². The average molecular weight is 476 g/mol. The molecule has 0 aliphatic rings. The Morgan fingerprint density at radius 1 is 0.897 bits per heavy atom. The highest BCUT2D eigenvalue weighted by molar-refractivity contribution is 6.42. The smallest absolute Gasteiger partial charge is 0.242 e. The van der Waals surface area contributed by atoms with Crippen molar-refractivity contribution >= 4 is 58.2 Å². The largest absolute Gasteiger partial charge is 0.355 e. The Hall–Kier alpha value is -1.46. The van der Waals surface area contributed by atoms with Crippen molar-refractivity contribution in [2.45, 2.75) is 39.3 Å². The molecule has 0 heterocycles. The zero-order valence-corrected chi connectivity index (χ0v) is 19.2. The van der Waals surface area contributed by atoms with E-state index in [2.05, 4.69) is 5.32 Å². The standard InChI is InChI=1S/C21H22Cl4N2O2/c1-3-19(21(29)26-4-2)27(12-14-6-8-16(23)18(25)10-14)20(28)11-13-5-7-15(22)17(24)9-13/h5-10,19H,3-4,11-12H2,1-2H3,(H,26,29)/t19-/m0/s1. The van der Waals surface area contributed by atoms with Crippen molar-refractivity contribution in [1.82, 2.24) is 10.2 Å². The molecule has 0 aromatic heterocycles. The van der Waals surface area contributed by atoms with E-state index in [4.69, 9.17) is 46.4 Å². The molecule has 2 aromatic rings. The van der Waals surface area contributed by atoms with Crippen molar-refractivity contribution in [3.63, 3.8) is 0 Å². The molecule has 29 heavy (non-hydrogen) atoms. The van der Waals surface area contributed by atoms with Crippen molar-refractivity contribution in [3.05, 3.63) is 67.6 Å². The number of hydrogen-bond acceptors (Lipinski definition) is 2. The summed E-state index contributed by atoms with van der Waals surface area (Å²) in [6.45, 7) is 4.42. The van der Waals surface area contributed by atoms with Gasteiger partial charge in [-0.3, -0.25) is 9.59 Å². The summed E-state index contributed by atoms with van der Waals surface area (Å²) < 4.78 is 0. The molecule has 4 nitrogen and oxygen atoms in total. The summed E-state index contributed by atoms with van der Waals surface area (Å²) in [7, 11) is 0. The third-order valence-corrected chi connectivity index (χ3v) is 5.89. The highest BCUT2D eigenvalue weighted by atomic mass is 35.5. The predicted molar refractivity (Wildman–Crippen MR) is 120 cm³/mol. The molecular formula is C21H22Cl4N2O2. The van der Waals surface area contributed by atoms with Crippen molar-refractivity contribution < 1.29 is 9.59 Å². The van der Waals surface area contributed by atoms with Crippen LogP contribution in [0.15, 0.2) is 36.4 Å². The molecule has 1 atom stereocenters.